The summed E-state index contributed by atoms with van der Waals surface area (Å²) in [7, 11) is 0. The minimum Gasteiger partial charge on any atom is -0.254 e. The van der Waals surface area contributed by atoms with Gasteiger partial charge in [-0.1, -0.05) is 20.8 Å². The van der Waals surface area contributed by atoms with Crippen LogP contribution in [0, 0.1) is 6.92 Å². The van der Waals surface area contributed by atoms with Crippen molar-refractivity contribution in [3.8, 4) is 0 Å². The summed E-state index contributed by atoms with van der Waals surface area (Å²) in [5.74, 6) is 0. The predicted molar refractivity (Wildman–Crippen MR) is 54.9 cm³/mol. The number of hydrogen-bond acceptors (Lipinski definition) is 2. The molecule has 2 nitrogen and oxygen atoms in total. The van der Waals surface area contributed by atoms with E-state index in [4.69, 9.17) is 0 Å². The largest absolute Gasteiger partial charge is 0.254 e. The Bertz CT molecular complexity index is 292. The first-order valence-corrected chi connectivity index (χ1v) is 5.08. The smallest absolute Gasteiger partial charge is 0.0619 e. The van der Waals surface area contributed by atoms with Gasteiger partial charge in [0.15, 0.2) is 0 Å². The molecule has 0 radical (unpaired) electrons. The fourth-order valence-corrected chi connectivity index (χ4v) is 1.54. The monoisotopic (exact) mass is 178 g/mol. The molecular formula is C11H18N2. The Hall–Kier alpha value is -0.920. The molecular weight excluding hydrogens is 160 g/mol. The fraction of sp³-hybridized carbons (Fsp3) is 0.636. The van der Waals surface area contributed by atoms with Crippen LogP contribution >= 0.6 is 0 Å². The Morgan fingerprint density at radius 3 is 1.69 bits per heavy atom. The summed E-state index contributed by atoms with van der Waals surface area (Å²) in [6, 6.07) is 0. The number of nitrogens with zero attached hydrogens (tertiary/aromatic N) is 2. The molecule has 0 bridgehead atoms. The van der Waals surface area contributed by atoms with Gasteiger partial charge in [0.25, 0.3) is 0 Å². The molecule has 0 aliphatic heterocycles. The van der Waals surface area contributed by atoms with E-state index >= 15 is 0 Å². The first kappa shape index (κ1) is 10.2. The van der Waals surface area contributed by atoms with Crippen LogP contribution in [0.1, 0.15) is 43.5 Å². The van der Waals surface area contributed by atoms with Gasteiger partial charge in [0.2, 0.25) is 0 Å². The molecule has 1 heterocycles. The maximum Gasteiger partial charge on any atom is 0.0619 e. The third kappa shape index (κ3) is 2.06. The standard InChI is InChI=1S/C11H18N2/c1-5-9-8(4)12-10(6-2)11(7-3)13-9/h5-7H2,1-4H3. The maximum atomic E-state index is 4.62. The SMILES string of the molecule is CCc1nc(CC)c(CC)nc1C. The van der Waals surface area contributed by atoms with E-state index in [-0.39, 0.29) is 0 Å². The molecule has 0 amide bonds. The molecule has 0 fully saturated rings. The van der Waals surface area contributed by atoms with Crippen molar-refractivity contribution >= 4 is 0 Å². The Labute approximate surface area is 80.4 Å². The normalized spacial score (nSPS) is 10.5. The molecule has 1 aromatic rings. The van der Waals surface area contributed by atoms with Crippen LogP contribution in [0.2, 0.25) is 0 Å². The van der Waals surface area contributed by atoms with Gasteiger partial charge in [-0.3, -0.25) is 9.97 Å². The molecule has 0 unspecified atom stereocenters. The van der Waals surface area contributed by atoms with Crippen molar-refractivity contribution in [3.63, 3.8) is 0 Å². The minimum atomic E-state index is 0.982. The van der Waals surface area contributed by atoms with Crippen molar-refractivity contribution < 1.29 is 0 Å². The van der Waals surface area contributed by atoms with Crippen molar-refractivity contribution in [2.75, 3.05) is 0 Å². The van der Waals surface area contributed by atoms with Gasteiger partial charge < -0.3 is 0 Å². The second-order valence-corrected chi connectivity index (χ2v) is 3.21. The van der Waals surface area contributed by atoms with Crippen LogP contribution in [0.3, 0.4) is 0 Å². The maximum absolute atomic E-state index is 4.62. The molecule has 0 aromatic carbocycles. The zero-order chi connectivity index (χ0) is 9.84. The summed E-state index contributed by atoms with van der Waals surface area (Å²) in [4.78, 5) is 9.19. The topological polar surface area (TPSA) is 25.8 Å². The zero-order valence-electron chi connectivity index (χ0n) is 9.02. The average molecular weight is 178 g/mol. The van der Waals surface area contributed by atoms with Crippen LogP contribution in [0.5, 0.6) is 0 Å². The number of aromatic nitrogens is 2. The third-order valence-corrected chi connectivity index (χ3v) is 2.33. The highest BCUT2D eigenvalue weighted by atomic mass is 14.8. The fourth-order valence-electron chi connectivity index (χ4n) is 1.54. The second-order valence-electron chi connectivity index (χ2n) is 3.21. The zero-order valence-corrected chi connectivity index (χ0v) is 9.02. The first-order valence-electron chi connectivity index (χ1n) is 5.08. The van der Waals surface area contributed by atoms with E-state index in [2.05, 4.69) is 30.7 Å². The van der Waals surface area contributed by atoms with Crippen LogP contribution in [-0.2, 0) is 19.3 Å². The van der Waals surface area contributed by atoms with Gasteiger partial charge in [-0.05, 0) is 26.2 Å². The number of hydrogen-bond donors (Lipinski definition) is 0. The molecule has 0 spiro atoms. The summed E-state index contributed by atoms with van der Waals surface area (Å²) in [5, 5.41) is 0. The Balaban J connectivity index is 3.18. The van der Waals surface area contributed by atoms with Gasteiger partial charge in [-0.2, -0.15) is 0 Å². The summed E-state index contributed by atoms with van der Waals surface area (Å²) >= 11 is 0. The molecule has 0 atom stereocenters. The van der Waals surface area contributed by atoms with Crippen LogP contribution in [0.4, 0.5) is 0 Å². The predicted octanol–water partition coefficient (Wildman–Crippen LogP) is 2.47. The van der Waals surface area contributed by atoms with Crippen molar-refractivity contribution in [1.29, 1.82) is 0 Å². The van der Waals surface area contributed by atoms with E-state index in [0.29, 0.717) is 0 Å². The van der Waals surface area contributed by atoms with E-state index in [1.165, 1.54) is 5.69 Å². The quantitative estimate of drug-likeness (QED) is 0.710. The van der Waals surface area contributed by atoms with Crippen LogP contribution in [0.15, 0.2) is 0 Å². The molecule has 13 heavy (non-hydrogen) atoms. The third-order valence-electron chi connectivity index (χ3n) is 2.33. The Kier molecular flexibility index (Phi) is 3.40. The molecule has 1 rings (SSSR count). The van der Waals surface area contributed by atoms with E-state index in [1.54, 1.807) is 0 Å². The van der Waals surface area contributed by atoms with Crippen molar-refractivity contribution in [2.24, 2.45) is 0 Å². The summed E-state index contributed by atoms with van der Waals surface area (Å²) in [5.41, 5.74) is 4.58. The Morgan fingerprint density at radius 1 is 0.769 bits per heavy atom. The van der Waals surface area contributed by atoms with E-state index in [0.717, 1.165) is 36.3 Å². The number of rotatable bonds is 3. The second kappa shape index (κ2) is 4.35. The highest BCUT2D eigenvalue weighted by Gasteiger charge is 2.06. The van der Waals surface area contributed by atoms with E-state index < -0.39 is 0 Å². The highest BCUT2D eigenvalue weighted by Crippen LogP contribution is 2.10. The average Bonchev–Trinajstić information content (AvgIpc) is 2.17. The highest BCUT2D eigenvalue weighted by molar-refractivity contribution is 5.19. The van der Waals surface area contributed by atoms with Gasteiger partial charge in [0.1, 0.15) is 0 Å². The molecule has 0 aliphatic rings. The number of aryl methyl sites for hydroxylation is 4. The summed E-state index contributed by atoms with van der Waals surface area (Å²) in [6.07, 6.45) is 2.96. The van der Waals surface area contributed by atoms with Gasteiger partial charge in [-0.25, -0.2) is 0 Å². The van der Waals surface area contributed by atoms with Gasteiger partial charge in [0, 0.05) is 0 Å². The van der Waals surface area contributed by atoms with E-state index in [9.17, 15) is 0 Å². The molecule has 2 heteroatoms. The molecule has 0 N–H and O–H groups in total. The molecule has 1 aromatic heterocycles. The van der Waals surface area contributed by atoms with Crippen LogP contribution < -0.4 is 0 Å². The lowest BCUT2D eigenvalue weighted by molar-refractivity contribution is 0.838. The lowest BCUT2D eigenvalue weighted by Crippen LogP contribution is -2.05. The van der Waals surface area contributed by atoms with Crippen LogP contribution in [-0.4, -0.2) is 9.97 Å². The lowest BCUT2D eigenvalue weighted by Gasteiger charge is -2.08. The van der Waals surface area contributed by atoms with Crippen molar-refractivity contribution in [3.05, 3.63) is 22.8 Å². The molecule has 0 saturated heterocycles. The summed E-state index contributed by atoms with van der Waals surface area (Å²) in [6.45, 7) is 8.44. The minimum absolute atomic E-state index is 0.982. The Morgan fingerprint density at radius 2 is 1.23 bits per heavy atom. The lowest BCUT2D eigenvalue weighted by atomic mass is 10.1. The van der Waals surface area contributed by atoms with E-state index in [1.807, 2.05) is 6.92 Å². The van der Waals surface area contributed by atoms with Crippen molar-refractivity contribution in [2.45, 2.75) is 47.0 Å². The van der Waals surface area contributed by atoms with Gasteiger partial charge in [0.05, 0.1) is 22.8 Å². The van der Waals surface area contributed by atoms with Gasteiger partial charge >= 0.3 is 0 Å². The molecule has 0 aliphatic carbocycles. The van der Waals surface area contributed by atoms with Crippen molar-refractivity contribution in [1.82, 2.24) is 9.97 Å². The first-order chi connectivity index (χ1) is 6.22. The summed E-state index contributed by atoms with van der Waals surface area (Å²) < 4.78 is 0. The molecule has 0 saturated carbocycles. The van der Waals surface area contributed by atoms with Crippen LogP contribution in [0.25, 0.3) is 0 Å². The molecule has 72 valence electrons. The van der Waals surface area contributed by atoms with Gasteiger partial charge in [-0.15, -0.1) is 0 Å².